The van der Waals surface area contributed by atoms with Crippen molar-refractivity contribution in [1.29, 1.82) is 0 Å². The summed E-state index contributed by atoms with van der Waals surface area (Å²) in [7, 11) is -3.69. The number of carbonyl (C=O) groups excluding carboxylic acids is 2. The van der Waals surface area contributed by atoms with Gasteiger partial charge in [-0.1, -0.05) is 30.3 Å². The van der Waals surface area contributed by atoms with Gasteiger partial charge in [-0.05, 0) is 61.4 Å². The minimum atomic E-state index is -3.69. The molecule has 0 radical (unpaired) electrons. The molecule has 1 aliphatic rings. The number of sulfonamides is 1. The number of para-hydroxylation sites is 1. The van der Waals surface area contributed by atoms with E-state index in [1.807, 2.05) is 12.1 Å². The van der Waals surface area contributed by atoms with Gasteiger partial charge in [0, 0.05) is 5.56 Å². The summed E-state index contributed by atoms with van der Waals surface area (Å²) >= 11 is 0. The first kappa shape index (κ1) is 21.0. The van der Waals surface area contributed by atoms with Gasteiger partial charge in [0.25, 0.3) is 0 Å². The number of carbonyl (C=O) groups is 2. The molecule has 0 fully saturated rings. The minimum absolute atomic E-state index is 0.298. The van der Waals surface area contributed by atoms with E-state index in [4.69, 9.17) is 4.74 Å². The number of benzene rings is 2. The van der Waals surface area contributed by atoms with E-state index in [2.05, 4.69) is 0 Å². The lowest BCUT2D eigenvalue weighted by molar-refractivity contribution is -0.140. The SMILES string of the molecule is Cc1ccccc1N(CC(=O)OCC(=O)c1ccc2c(c1)CCCC2)S(C)(=O)=O. The van der Waals surface area contributed by atoms with E-state index in [1.165, 1.54) is 11.1 Å². The summed E-state index contributed by atoms with van der Waals surface area (Å²) in [6.07, 6.45) is 5.29. The second-order valence-electron chi connectivity index (χ2n) is 7.33. The molecule has 1 aliphatic carbocycles. The predicted octanol–water partition coefficient (Wildman–Crippen LogP) is 3.07. The van der Waals surface area contributed by atoms with E-state index >= 15 is 0 Å². The van der Waals surface area contributed by atoms with Crippen molar-refractivity contribution in [3.05, 3.63) is 64.7 Å². The highest BCUT2D eigenvalue weighted by Crippen LogP contribution is 2.23. The largest absolute Gasteiger partial charge is 0.456 e. The number of ketones is 1. The zero-order valence-corrected chi connectivity index (χ0v) is 17.5. The Hall–Kier alpha value is -2.67. The summed E-state index contributed by atoms with van der Waals surface area (Å²) in [4.78, 5) is 24.7. The van der Waals surface area contributed by atoms with Crippen LogP contribution < -0.4 is 4.31 Å². The molecule has 2 aromatic carbocycles. The minimum Gasteiger partial charge on any atom is -0.456 e. The quantitative estimate of drug-likeness (QED) is 0.513. The van der Waals surface area contributed by atoms with E-state index in [-0.39, 0.29) is 5.78 Å². The van der Waals surface area contributed by atoms with Crippen LogP contribution in [0.1, 0.15) is 39.9 Å². The van der Waals surface area contributed by atoms with Crippen molar-refractivity contribution in [2.24, 2.45) is 0 Å². The fourth-order valence-corrected chi connectivity index (χ4v) is 4.43. The average molecular weight is 416 g/mol. The summed E-state index contributed by atoms with van der Waals surface area (Å²) in [6, 6.07) is 12.5. The van der Waals surface area contributed by atoms with Crippen LogP contribution in [0.5, 0.6) is 0 Å². The summed E-state index contributed by atoms with van der Waals surface area (Å²) in [5, 5.41) is 0. The van der Waals surface area contributed by atoms with Crippen LogP contribution in [-0.4, -0.2) is 39.6 Å². The van der Waals surface area contributed by atoms with Crippen LogP contribution in [0.15, 0.2) is 42.5 Å². The van der Waals surface area contributed by atoms with Crippen molar-refractivity contribution in [3.8, 4) is 0 Å². The topological polar surface area (TPSA) is 80.8 Å². The van der Waals surface area contributed by atoms with Gasteiger partial charge in [-0.2, -0.15) is 0 Å². The molecule has 154 valence electrons. The van der Waals surface area contributed by atoms with Crippen LogP contribution in [0.3, 0.4) is 0 Å². The smallest absolute Gasteiger partial charge is 0.327 e. The Morgan fingerprint density at radius 3 is 2.41 bits per heavy atom. The number of aryl methyl sites for hydroxylation is 3. The maximum atomic E-state index is 12.4. The highest BCUT2D eigenvalue weighted by atomic mass is 32.2. The van der Waals surface area contributed by atoms with E-state index in [9.17, 15) is 18.0 Å². The lowest BCUT2D eigenvalue weighted by atomic mass is 9.90. The highest BCUT2D eigenvalue weighted by molar-refractivity contribution is 7.92. The van der Waals surface area contributed by atoms with Crippen molar-refractivity contribution >= 4 is 27.5 Å². The molecule has 0 N–H and O–H groups in total. The molecule has 7 heteroatoms. The zero-order chi connectivity index (χ0) is 21.0. The number of hydrogen-bond acceptors (Lipinski definition) is 5. The Kier molecular flexibility index (Phi) is 6.37. The van der Waals surface area contributed by atoms with Crippen LogP contribution in [-0.2, 0) is 32.4 Å². The standard InChI is InChI=1S/C22H25NO5S/c1-16-7-3-6-10-20(16)23(29(2,26)27)14-22(25)28-15-21(24)19-12-11-17-8-4-5-9-18(17)13-19/h3,6-7,10-13H,4-5,8-9,14-15H2,1-2H3. The summed E-state index contributed by atoms with van der Waals surface area (Å²) in [6.45, 7) is 0.864. The molecule has 29 heavy (non-hydrogen) atoms. The number of hydrogen-bond donors (Lipinski definition) is 0. The van der Waals surface area contributed by atoms with Crippen LogP contribution in [0.4, 0.5) is 5.69 Å². The van der Waals surface area contributed by atoms with Crippen LogP contribution in [0, 0.1) is 6.92 Å². The van der Waals surface area contributed by atoms with Gasteiger partial charge >= 0.3 is 5.97 Å². The Balaban J connectivity index is 1.65. The first-order valence-electron chi connectivity index (χ1n) is 9.59. The number of nitrogens with zero attached hydrogens (tertiary/aromatic N) is 1. The molecule has 2 aromatic rings. The number of anilines is 1. The first-order chi connectivity index (χ1) is 13.8. The molecule has 0 aliphatic heterocycles. The predicted molar refractivity (Wildman–Crippen MR) is 112 cm³/mol. The monoisotopic (exact) mass is 415 g/mol. The van der Waals surface area contributed by atoms with Crippen LogP contribution in [0.25, 0.3) is 0 Å². The Labute approximate surface area is 171 Å². The van der Waals surface area contributed by atoms with E-state index < -0.39 is 29.1 Å². The second kappa shape index (κ2) is 8.78. The first-order valence-corrected chi connectivity index (χ1v) is 11.4. The van der Waals surface area contributed by atoms with Crippen molar-refractivity contribution in [3.63, 3.8) is 0 Å². The second-order valence-corrected chi connectivity index (χ2v) is 9.24. The zero-order valence-electron chi connectivity index (χ0n) is 16.7. The average Bonchev–Trinajstić information content (AvgIpc) is 2.69. The molecule has 0 saturated carbocycles. The molecular weight excluding hydrogens is 390 g/mol. The highest BCUT2D eigenvalue weighted by Gasteiger charge is 2.23. The Bertz CT molecular complexity index is 1030. The lowest BCUT2D eigenvalue weighted by Crippen LogP contribution is -2.36. The van der Waals surface area contributed by atoms with Gasteiger partial charge in [0.15, 0.2) is 12.4 Å². The number of rotatable bonds is 7. The summed E-state index contributed by atoms with van der Waals surface area (Å²) in [5.41, 5.74) is 4.09. The third kappa shape index (κ3) is 5.23. The number of esters is 1. The number of Topliss-reactive ketones (excluding diaryl/α,β-unsaturated/α-hetero) is 1. The van der Waals surface area contributed by atoms with Gasteiger partial charge < -0.3 is 4.74 Å². The fourth-order valence-electron chi connectivity index (χ4n) is 3.52. The number of ether oxygens (including phenoxy) is 1. The van der Waals surface area contributed by atoms with Crippen LogP contribution >= 0.6 is 0 Å². The molecular formula is C22H25NO5S. The third-order valence-corrected chi connectivity index (χ3v) is 6.22. The Morgan fingerprint density at radius 1 is 1.03 bits per heavy atom. The molecule has 0 heterocycles. The molecule has 0 aromatic heterocycles. The van der Waals surface area contributed by atoms with Crippen molar-refractivity contribution in [2.45, 2.75) is 32.6 Å². The van der Waals surface area contributed by atoms with Crippen molar-refractivity contribution in [1.82, 2.24) is 0 Å². The maximum absolute atomic E-state index is 12.4. The molecule has 6 nitrogen and oxygen atoms in total. The fraction of sp³-hybridized carbons (Fsp3) is 0.364. The van der Waals surface area contributed by atoms with E-state index in [0.717, 1.165) is 41.8 Å². The van der Waals surface area contributed by atoms with Gasteiger partial charge in [0.1, 0.15) is 6.54 Å². The lowest BCUT2D eigenvalue weighted by Gasteiger charge is -2.23. The molecule has 0 unspecified atom stereocenters. The van der Waals surface area contributed by atoms with Gasteiger partial charge in [-0.25, -0.2) is 8.42 Å². The van der Waals surface area contributed by atoms with E-state index in [0.29, 0.717) is 11.3 Å². The molecule has 0 bridgehead atoms. The van der Waals surface area contributed by atoms with Gasteiger partial charge in [-0.3, -0.25) is 13.9 Å². The summed E-state index contributed by atoms with van der Waals surface area (Å²) in [5.74, 6) is -1.07. The molecule has 0 amide bonds. The van der Waals surface area contributed by atoms with Gasteiger partial charge in [-0.15, -0.1) is 0 Å². The Morgan fingerprint density at radius 2 is 1.72 bits per heavy atom. The number of fused-ring (bicyclic) bond motifs is 1. The van der Waals surface area contributed by atoms with Crippen molar-refractivity contribution in [2.75, 3.05) is 23.7 Å². The maximum Gasteiger partial charge on any atom is 0.327 e. The summed E-state index contributed by atoms with van der Waals surface area (Å²) < 4.78 is 30.4. The molecule has 0 spiro atoms. The normalized spacial score (nSPS) is 13.4. The molecule has 0 saturated heterocycles. The third-order valence-electron chi connectivity index (χ3n) is 5.09. The molecule has 0 atom stereocenters. The van der Waals surface area contributed by atoms with Crippen molar-refractivity contribution < 1.29 is 22.7 Å². The van der Waals surface area contributed by atoms with E-state index in [1.54, 1.807) is 37.3 Å². The van der Waals surface area contributed by atoms with Crippen LogP contribution in [0.2, 0.25) is 0 Å². The molecule has 3 rings (SSSR count). The van der Waals surface area contributed by atoms with Gasteiger partial charge in [0.05, 0.1) is 11.9 Å². The van der Waals surface area contributed by atoms with Gasteiger partial charge in [0.2, 0.25) is 10.0 Å².